The van der Waals surface area contributed by atoms with Crippen molar-refractivity contribution in [1.82, 2.24) is 4.90 Å². The minimum atomic E-state index is 0.577. The van der Waals surface area contributed by atoms with Crippen molar-refractivity contribution in [3.8, 4) is 0 Å². The van der Waals surface area contributed by atoms with Crippen molar-refractivity contribution in [1.29, 1.82) is 0 Å². The molecule has 0 aromatic heterocycles. The Kier molecular flexibility index (Phi) is 3.91. The van der Waals surface area contributed by atoms with Gasteiger partial charge in [-0.25, -0.2) is 0 Å². The molecule has 1 aliphatic heterocycles. The third-order valence-electron chi connectivity index (χ3n) is 4.68. The van der Waals surface area contributed by atoms with Crippen molar-refractivity contribution in [2.24, 2.45) is 17.1 Å². The monoisotopic (exact) mass is 224 g/mol. The first-order valence-electron chi connectivity index (χ1n) is 7.05. The summed E-state index contributed by atoms with van der Waals surface area (Å²) < 4.78 is 0. The van der Waals surface area contributed by atoms with Crippen LogP contribution in [-0.4, -0.2) is 30.6 Å². The summed E-state index contributed by atoms with van der Waals surface area (Å²) in [6, 6.07) is 0.863. The average Bonchev–Trinajstić information content (AvgIpc) is 2.28. The Morgan fingerprint density at radius 2 is 1.88 bits per heavy atom. The molecular formula is C14H28N2. The number of hydrogen-bond acceptors (Lipinski definition) is 2. The summed E-state index contributed by atoms with van der Waals surface area (Å²) in [6.07, 6.45) is 8.33. The molecule has 1 heterocycles. The van der Waals surface area contributed by atoms with Crippen LogP contribution in [0, 0.1) is 11.3 Å². The summed E-state index contributed by atoms with van der Waals surface area (Å²) >= 11 is 0. The third kappa shape index (κ3) is 2.98. The second kappa shape index (κ2) is 5.05. The van der Waals surface area contributed by atoms with Gasteiger partial charge in [-0.15, -0.1) is 0 Å². The average molecular weight is 224 g/mol. The van der Waals surface area contributed by atoms with Gasteiger partial charge in [0.2, 0.25) is 0 Å². The van der Waals surface area contributed by atoms with Crippen molar-refractivity contribution >= 4 is 0 Å². The normalized spacial score (nSPS) is 32.8. The Hall–Kier alpha value is -0.0800. The molecule has 0 amide bonds. The van der Waals surface area contributed by atoms with Gasteiger partial charge in [0.05, 0.1) is 0 Å². The Morgan fingerprint density at radius 3 is 2.44 bits per heavy atom. The Bertz CT molecular complexity index is 217. The van der Waals surface area contributed by atoms with Crippen LogP contribution >= 0.6 is 0 Å². The van der Waals surface area contributed by atoms with Gasteiger partial charge in [-0.3, -0.25) is 0 Å². The molecule has 16 heavy (non-hydrogen) atoms. The summed E-state index contributed by atoms with van der Waals surface area (Å²) in [5, 5.41) is 0. The second-order valence-corrected chi connectivity index (χ2v) is 6.63. The lowest BCUT2D eigenvalue weighted by Crippen LogP contribution is -2.45. The first-order valence-corrected chi connectivity index (χ1v) is 7.05. The summed E-state index contributed by atoms with van der Waals surface area (Å²) in [5.41, 5.74) is 6.33. The van der Waals surface area contributed by atoms with Crippen molar-refractivity contribution in [2.45, 2.75) is 58.4 Å². The highest BCUT2D eigenvalue weighted by atomic mass is 15.2. The first-order chi connectivity index (χ1) is 7.61. The van der Waals surface area contributed by atoms with Crippen LogP contribution in [0.1, 0.15) is 52.4 Å². The quantitative estimate of drug-likeness (QED) is 0.781. The molecule has 0 radical (unpaired) electrons. The number of likely N-dealkylation sites (tertiary alicyclic amines) is 1. The molecule has 2 aliphatic rings. The number of nitrogens with two attached hydrogens (primary N) is 1. The lowest BCUT2D eigenvalue weighted by Gasteiger charge is -2.44. The fourth-order valence-corrected chi connectivity index (χ4v) is 3.52. The maximum Gasteiger partial charge on any atom is 0.0100 e. The third-order valence-corrected chi connectivity index (χ3v) is 4.68. The smallest absolute Gasteiger partial charge is 0.0100 e. The number of piperidine rings is 1. The van der Waals surface area contributed by atoms with E-state index >= 15 is 0 Å². The zero-order valence-corrected chi connectivity index (χ0v) is 11.0. The zero-order valence-electron chi connectivity index (χ0n) is 11.0. The van der Waals surface area contributed by atoms with Gasteiger partial charge in [-0.1, -0.05) is 20.3 Å². The van der Waals surface area contributed by atoms with Crippen LogP contribution in [0.25, 0.3) is 0 Å². The van der Waals surface area contributed by atoms with E-state index in [1.165, 1.54) is 51.6 Å². The van der Waals surface area contributed by atoms with Gasteiger partial charge in [0.15, 0.2) is 0 Å². The molecule has 1 unspecified atom stereocenters. The second-order valence-electron chi connectivity index (χ2n) is 6.63. The van der Waals surface area contributed by atoms with E-state index in [0.29, 0.717) is 5.41 Å². The predicted octanol–water partition coefficient (Wildman–Crippen LogP) is 2.63. The van der Waals surface area contributed by atoms with Crippen LogP contribution in [0.5, 0.6) is 0 Å². The van der Waals surface area contributed by atoms with Crippen molar-refractivity contribution < 1.29 is 0 Å². The molecule has 2 fully saturated rings. The van der Waals surface area contributed by atoms with Gasteiger partial charge in [-0.2, -0.15) is 0 Å². The molecule has 2 heteroatoms. The molecule has 1 aliphatic carbocycles. The number of nitrogens with zero attached hydrogens (tertiary/aromatic N) is 1. The molecule has 2 rings (SSSR count). The van der Waals surface area contributed by atoms with E-state index in [1.807, 2.05) is 0 Å². The van der Waals surface area contributed by atoms with E-state index < -0.39 is 0 Å². The number of hydrogen-bond donors (Lipinski definition) is 1. The van der Waals surface area contributed by atoms with Crippen LogP contribution in [0.2, 0.25) is 0 Å². The highest BCUT2D eigenvalue weighted by Gasteiger charge is 2.32. The zero-order chi connectivity index (χ0) is 11.6. The van der Waals surface area contributed by atoms with Crippen LogP contribution in [0.15, 0.2) is 0 Å². The van der Waals surface area contributed by atoms with E-state index in [1.54, 1.807) is 0 Å². The van der Waals surface area contributed by atoms with Gasteiger partial charge in [0.25, 0.3) is 0 Å². The van der Waals surface area contributed by atoms with E-state index in [4.69, 9.17) is 5.73 Å². The molecular weight excluding hydrogens is 196 g/mol. The van der Waals surface area contributed by atoms with Crippen LogP contribution < -0.4 is 5.73 Å². The van der Waals surface area contributed by atoms with E-state index in [0.717, 1.165) is 18.5 Å². The largest absolute Gasteiger partial charge is 0.330 e. The SMILES string of the molecule is CC1(C)CCCC(N2CCC(CN)CC2)C1. The Labute approximate surface area is 101 Å². The van der Waals surface area contributed by atoms with E-state index in [2.05, 4.69) is 18.7 Å². The number of rotatable bonds is 2. The summed E-state index contributed by atoms with van der Waals surface area (Å²) in [4.78, 5) is 2.74. The molecule has 0 aromatic rings. The van der Waals surface area contributed by atoms with Gasteiger partial charge in [0.1, 0.15) is 0 Å². The van der Waals surface area contributed by atoms with E-state index in [9.17, 15) is 0 Å². The fraction of sp³-hybridized carbons (Fsp3) is 1.00. The molecule has 1 saturated carbocycles. The maximum absolute atomic E-state index is 5.75. The minimum absolute atomic E-state index is 0.577. The molecule has 2 N–H and O–H groups in total. The van der Waals surface area contributed by atoms with E-state index in [-0.39, 0.29) is 0 Å². The summed E-state index contributed by atoms with van der Waals surface area (Å²) in [7, 11) is 0. The maximum atomic E-state index is 5.75. The van der Waals surface area contributed by atoms with Gasteiger partial charge < -0.3 is 10.6 Å². The van der Waals surface area contributed by atoms with Crippen LogP contribution in [0.3, 0.4) is 0 Å². The molecule has 94 valence electrons. The highest BCUT2D eigenvalue weighted by molar-refractivity contribution is 4.87. The minimum Gasteiger partial charge on any atom is -0.330 e. The fourth-order valence-electron chi connectivity index (χ4n) is 3.52. The molecule has 1 saturated heterocycles. The molecule has 2 nitrogen and oxygen atoms in total. The highest BCUT2D eigenvalue weighted by Crippen LogP contribution is 2.38. The van der Waals surface area contributed by atoms with Crippen molar-refractivity contribution in [3.63, 3.8) is 0 Å². The first kappa shape index (κ1) is 12.4. The topological polar surface area (TPSA) is 29.3 Å². The molecule has 0 bridgehead atoms. The van der Waals surface area contributed by atoms with Crippen molar-refractivity contribution in [3.05, 3.63) is 0 Å². The lowest BCUT2D eigenvalue weighted by molar-refractivity contribution is 0.0666. The van der Waals surface area contributed by atoms with Gasteiger partial charge in [0, 0.05) is 6.04 Å². The van der Waals surface area contributed by atoms with Gasteiger partial charge >= 0.3 is 0 Å². The predicted molar refractivity (Wildman–Crippen MR) is 69.4 cm³/mol. The van der Waals surface area contributed by atoms with Crippen LogP contribution in [-0.2, 0) is 0 Å². The molecule has 0 spiro atoms. The Balaban J connectivity index is 1.84. The standard InChI is InChI=1S/C14H28N2/c1-14(2)7-3-4-13(10-14)16-8-5-12(11-15)6-9-16/h12-13H,3-11,15H2,1-2H3. The lowest BCUT2D eigenvalue weighted by atomic mass is 9.74. The summed E-state index contributed by atoms with van der Waals surface area (Å²) in [5.74, 6) is 0.799. The van der Waals surface area contributed by atoms with Crippen LogP contribution in [0.4, 0.5) is 0 Å². The van der Waals surface area contributed by atoms with Gasteiger partial charge in [-0.05, 0) is 63.1 Å². The molecule has 0 aromatic carbocycles. The van der Waals surface area contributed by atoms with Crippen molar-refractivity contribution in [2.75, 3.05) is 19.6 Å². The summed E-state index contributed by atoms with van der Waals surface area (Å²) in [6.45, 7) is 8.35. The molecule has 1 atom stereocenters. The Morgan fingerprint density at radius 1 is 1.19 bits per heavy atom.